The van der Waals surface area contributed by atoms with Gasteiger partial charge in [-0.1, -0.05) is 125 Å². The third-order valence-electron chi connectivity index (χ3n) is 11.6. The molecule has 60 heavy (non-hydrogen) atoms. The van der Waals surface area contributed by atoms with Gasteiger partial charge in [-0.25, -0.2) is 8.78 Å². The van der Waals surface area contributed by atoms with Crippen LogP contribution < -0.4 is 0 Å². The van der Waals surface area contributed by atoms with Gasteiger partial charge in [-0.15, -0.1) is 0 Å². The van der Waals surface area contributed by atoms with Gasteiger partial charge >= 0.3 is 6.18 Å². The molecular formula is C53H37F5N2. The van der Waals surface area contributed by atoms with E-state index in [2.05, 4.69) is 36.4 Å². The maximum absolute atomic E-state index is 16.5. The van der Waals surface area contributed by atoms with Crippen molar-refractivity contribution in [3.63, 3.8) is 0 Å². The molecule has 0 saturated heterocycles. The molecule has 10 aromatic rings. The van der Waals surface area contributed by atoms with E-state index in [9.17, 15) is 0 Å². The molecule has 2 aromatic heterocycles. The van der Waals surface area contributed by atoms with Gasteiger partial charge in [0.2, 0.25) is 0 Å². The van der Waals surface area contributed by atoms with Crippen LogP contribution in [0, 0.1) is 39.3 Å². The van der Waals surface area contributed by atoms with E-state index < -0.39 is 28.9 Å². The number of rotatable bonds is 5. The molecule has 0 N–H and O–H groups in total. The average Bonchev–Trinajstić information content (AvgIpc) is 3.71. The summed E-state index contributed by atoms with van der Waals surface area (Å²) in [7, 11) is 0. The Morgan fingerprint density at radius 1 is 0.367 bits per heavy atom. The second kappa shape index (κ2) is 13.8. The van der Waals surface area contributed by atoms with Crippen molar-refractivity contribution in [1.82, 2.24) is 9.13 Å². The number of hydrogen-bond donors (Lipinski definition) is 0. The molecule has 0 fully saturated rings. The van der Waals surface area contributed by atoms with E-state index in [1.165, 1.54) is 18.2 Å². The van der Waals surface area contributed by atoms with Crippen LogP contribution >= 0.6 is 0 Å². The summed E-state index contributed by atoms with van der Waals surface area (Å²) in [6.07, 6.45) is -4.94. The van der Waals surface area contributed by atoms with E-state index in [4.69, 9.17) is 0 Å². The van der Waals surface area contributed by atoms with Crippen molar-refractivity contribution < 1.29 is 22.0 Å². The van der Waals surface area contributed by atoms with Crippen molar-refractivity contribution >= 4 is 43.6 Å². The summed E-state index contributed by atoms with van der Waals surface area (Å²) in [5.74, 6) is -1.77. The molecule has 2 nitrogen and oxygen atoms in total. The predicted molar refractivity (Wildman–Crippen MR) is 235 cm³/mol. The van der Waals surface area contributed by atoms with Crippen LogP contribution in [0.5, 0.6) is 0 Å². The fourth-order valence-electron chi connectivity index (χ4n) is 9.27. The monoisotopic (exact) mass is 796 g/mol. The third-order valence-corrected chi connectivity index (χ3v) is 11.6. The Labute approximate surface area is 343 Å². The van der Waals surface area contributed by atoms with Gasteiger partial charge in [0.15, 0.2) is 0 Å². The Hall–Kier alpha value is -6.99. The lowest BCUT2D eigenvalue weighted by Gasteiger charge is -2.23. The van der Waals surface area contributed by atoms with Crippen LogP contribution in [0.1, 0.15) is 27.8 Å². The molecule has 294 valence electrons. The van der Waals surface area contributed by atoms with Gasteiger partial charge in [0.1, 0.15) is 17.2 Å². The summed E-state index contributed by atoms with van der Waals surface area (Å²) in [6, 6.07) is 44.8. The lowest BCUT2D eigenvalue weighted by molar-refractivity contribution is -0.137. The minimum atomic E-state index is -4.94. The minimum Gasteiger partial charge on any atom is -0.309 e. The summed E-state index contributed by atoms with van der Waals surface area (Å²) in [4.78, 5) is 0. The summed E-state index contributed by atoms with van der Waals surface area (Å²) in [5.41, 5.74) is 7.92. The Bertz CT molecular complexity index is 3130. The smallest absolute Gasteiger partial charge is 0.309 e. The molecule has 0 saturated carbocycles. The van der Waals surface area contributed by atoms with E-state index in [-0.39, 0.29) is 16.9 Å². The first kappa shape index (κ1) is 37.3. The molecule has 0 aliphatic heterocycles. The number of halogens is 5. The number of aromatic nitrogens is 2. The zero-order valence-electron chi connectivity index (χ0n) is 33.2. The van der Waals surface area contributed by atoms with Crippen LogP contribution in [-0.2, 0) is 6.18 Å². The molecular weight excluding hydrogens is 760 g/mol. The first-order chi connectivity index (χ1) is 28.8. The molecule has 0 spiro atoms. The van der Waals surface area contributed by atoms with Gasteiger partial charge in [0.25, 0.3) is 0 Å². The number of alkyl halides is 3. The van der Waals surface area contributed by atoms with Gasteiger partial charge in [-0.3, -0.25) is 0 Å². The second-order valence-electron chi connectivity index (χ2n) is 15.9. The highest BCUT2D eigenvalue weighted by Crippen LogP contribution is 2.47. The van der Waals surface area contributed by atoms with E-state index in [0.29, 0.717) is 22.1 Å². The minimum absolute atomic E-state index is 0.0311. The molecule has 0 aliphatic rings. The first-order valence-electron chi connectivity index (χ1n) is 19.8. The predicted octanol–water partition coefficient (Wildman–Crippen LogP) is 15.4. The van der Waals surface area contributed by atoms with Crippen LogP contribution in [0.3, 0.4) is 0 Å². The molecule has 0 unspecified atom stereocenters. The van der Waals surface area contributed by atoms with Crippen LogP contribution in [0.2, 0.25) is 0 Å². The van der Waals surface area contributed by atoms with Crippen LogP contribution in [0.25, 0.3) is 88.4 Å². The Morgan fingerprint density at radius 3 is 1.18 bits per heavy atom. The van der Waals surface area contributed by atoms with Gasteiger partial charge in [-0.2, -0.15) is 13.2 Å². The van der Waals surface area contributed by atoms with E-state index in [1.54, 1.807) is 33.4 Å². The van der Waals surface area contributed by atoms with Crippen LogP contribution in [0.4, 0.5) is 22.0 Å². The lowest BCUT2D eigenvalue weighted by atomic mass is 9.97. The molecule has 8 aromatic carbocycles. The topological polar surface area (TPSA) is 9.86 Å². The quantitative estimate of drug-likeness (QED) is 0.154. The van der Waals surface area contributed by atoms with Gasteiger partial charge in [-0.05, 0) is 104 Å². The fourth-order valence-corrected chi connectivity index (χ4v) is 9.27. The Balaban J connectivity index is 1.38. The molecule has 0 atom stereocenters. The largest absolute Gasteiger partial charge is 0.420 e. The maximum atomic E-state index is 16.5. The Morgan fingerprint density at radius 2 is 0.767 bits per heavy atom. The summed E-state index contributed by atoms with van der Waals surface area (Å²) in [5, 5.41) is 2.97. The summed E-state index contributed by atoms with van der Waals surface area (Å²) in [6.45, 7) is 8.04. The average molecular weight is 797 g/mol. The number of fused-ring (bicyclic) bond motifs is 6. The molecule has 10 rings (SSSR count). The maximum Gasteiger partial charge on any atom is 0.420 e. The van der Waals surface area contributed by atoms with Gasteiger partial charge in [0.05, 0.1) is 39.0 Å². The highest BCUT2D eigenvalue weighted by molar-refractivity contribution is 6.12. The van der Waals surface area contributed by atoms with Crippen molar-refractivity contribution in [2.45, 2.75) is 33.9 Å². The molecule has 0 radical (unpaired) electrons. The number of para-hydroxylation sites is 2. The highest BCUT2D eigenvalue weighted by Gasteiger charge is 2.40. The molecule has 0 amide bonds. The Kier molecular flexibility index (Phi) is 8.58. The third kappa shape index (κ3) is 6.07. The van der Waals surface area contributed by atoms with Crippen LogP contribution in [-0.4, -0.2) is 9.13 Å². The van der Waals surface area contributed by atoms with Crippen molar-refractivity contribution in [3.05, 3.63) is 191 Å². The number of hydrogen-bond acceptors (Lipinski definition) is 0. The number of benzene rings is 8. The fraction of sp³-hybridized carbons (Fsp3) is 0.0943. The van der Waals surface area contributed by atoms with E-state index >= 15 is 22.0 Å². The molecule has 0 bridgehead atoms. The van der Waals surface area contributed by atoms with E-state index in [1.807, 2.05) is 88.4 Å². The van der Waals surface area contributed by atoms with Gasteiger partial charge in [0, 0.05) is 21.5 Å². The highest BCUT2D eigenvalue weighted by atomic mass is 19.4. The molecule has 7 heteroatoms. The van der Waals surface area contributed by atoms with E-state index in [0.717, 1.165) is 78.2 Å². The standard InChI is InChI=1S/C53H37F5N2/c1-30-20-31(2)23-36(22-30)34-16-18-41-39-10-5-7-14-45(39)59(47(41)26-34)49-28-38(51-43(54)12-9-13-44(51)55)29-50(52(49)53(56,57)58)60-46-15-8-6-11-40(46)42-19-17-35(27-48(42)60)37-24-32(3)21-33(4)25-37/h5-29H,1-4H3. The van der Waals surface area contributed by atoms with Crippen molar-refractivity contribution in [2.24, 2.45) is 0 Å². The number of nitrogens with zero attached hydrogens (tertiary/aromatic N) is 2. The van der Waals surface area contributed by atoms with Crippen LogP contribution in [0.15, 0.2) is 152 Å². The molecule has 0 aliphatic carbocycles. The first-order valence-corrected chi connectivity index (χ1v) is 19.8. The molecule has 2 heterocycles. The zero-order valence-corrected chi connectivity index (χ0v) is 33.2. The SMILES string of the molecule is Cc1cc(C)cc(-c2ccc3c4ccccc4n(-c4cc(-c5c(F)cccc5F)cc(-n5c6ccccc6c6ccc(-c7cc(C)cc(C)c7)cc65)c4C(F)(F)F)c3c2)c1. The van der Waals surface area contributed by atoms with Crippen molar-refractivity contribution in [3.8, 4) is 44.8 Å². The summed E-state index contributed by atoms with van der Waals surface area (Å²) >= 11 is 0. The van der Waals surface area contributed by atoms with Gasteiger partial charge < -0.3 is 9.13 Å². The normalized spacial score (nSPS) is 12.1. The second-order valence-corrected chi connectivity index (χ2v) is 15.9. The zero-order chi connectivity index (χ0) is 41.6. The van der Waals surface area contributed by atoms with Crippen molar-refractivity contribution in [1.29, 1.82) is 0 Å². The number of aryl methyl sites for hydroxylation is 4. The summed E-state index contributed by atoms with van der Waals surface area (Å²) < 4.78 is 84.6. The van der Waals surface area contributed by atoms with Crippen molar-refractivity contribution in [2.75, 3.05) is 0 Å². The lowest BCUT2D eigenvalue weighted by Crippen LogP contribution is -2.16.